The molecule has 0 unspecified atom stereocenters. The highest BCUT2D eigenvalue weighted by Crippen LogP contribution is 2.23. The number of para-hydroxylation sites is 1. The van der Waals surface area contributed by atoms with Gasteiger partial charge in [0.25, 0.3) is 5.91 Å². The Morgan fingerprint density at radius 2 is 1.52 bits per heavy atom. The number of benzene rings is 3. The zero-order valence-electron chi connectivity index (χ0n) is 23.1. The molecule has 0 aliphatic rings. The van der Waals surface area contributed by atoms with Crippen molar-refractivity contribution in [2.24, 2.45) is 17.2 Å². The van der Waals surface area contributed by atoms with Crippen LogP contribution in [0, 0.1) is 0 Å². The molecular weight excluding hydrogens is 502 g/mol. The number of aromatic nitrogens is 1. The second kappa shape index (κ2) is 13.5. The van der Waals surface area contributed by atoms with Crippen molar-refractivity contribution >= 4 is 39.2 Å². The minimum absolute atomic E-state index is 0.372. The Kier molecular flexibility index (Phi) is 9.79. The second-order valence-electron chi connectivity index (χ2n) is 10.6. The summed E-state index contributed by atoms with van der Waals surface area (Å²) in [4.78, 5) is 31.3. The number of nitrogens with zero attached hydrogens (tertiary/aromatic N) is 2. The van der Waals surface area contributed by atoms with Crippen molar-refractivity contribution in [1.29, 1.82) is 0 Å². The Morgan fingerprint density at radius 1 is 0.850 bits per heavy atom. The summed E-state index contributed by atoms with van der Waals surface area (Å²) in [6.45, 7) is 3.58. The standard InChI is InChI=1S/C31H39N7O2/c1-38(17-14-32,18-15-33)16-6-10-27(34)30(39)37-29(25-13-12-22-7-2-3-8-23(22)19-25)31(40)36-26-20-24-9-4-5-11-28(24)35-21-26/h2-5,7-9,11-13,19-21,27,29H,6,10,14-18,32-34H2,1H3,(H-,36,37,39,40)/p+1/t27-,29-/m0/s1. The number of hydrogen-bond donors (Lipinski definition) is 5. The third-order valence-corrected chi connectivity index (χ3v) is 7.40. The van der Waals surface area contributed by atoms with Crippen molar-refractivity contribution in [3.05, 3.63) is 84.6 Å². The predicted molar refractivity (Wildman–Crippen MR) is 161 cm³/mol. The van der Waals surface area contributed by atoms with Crippen molar-refractivity contribution in [3.63, 3.8) is 0 Å². The van der Waals surface area contributed by atoms with Gasteiger partial charge < -0.3 is 32.3 Å². The van der Waals surface area contributed by atoms with E-state index in [9.17, 15) is 9.59 Å². The Hall–Kier alpha value is -3.89. The molecular formula is C31H40N7O2+. The Labute approximate surface area is 235 Å². The minimum atomic E-state index is -0.940. The van der Waals surface area contributed by atoms with Gasteiger partial charge in [-0.05, 0) is 47.4 Å². The Bertz CT molecular complexity index is 1450. The molecule has 2 atom stereocenters. The van der Waals surface area contributed by atoms with Crippen LogP contribution in [-0.2, 0) is 9.59 Å². The van der Waals surface area contributed by atoms with Crippen molar-refractivity contribution in [2.75, 3.05) is 45.1 Å². The lowest BCUT2D eigenvalue weighted by molar-refractivity contribution is -0.907. The molecule has 9 nitrogen and oxygen atoms in total. The predicted octanol–water partition coefficient (Wildman–Crippen LogP) is 2.66. The first-order chi connectivity index (χ1) is 19.3. The van der Waals surface area contributed by atoms with E-state index in [2.05, 4.69) is 22.7 Å². The summed E-state index contributed by atoms with van der Waals surface area (Å²) in [6, 6.07) is 21.5. The summed E-state index contributed by atoms with van der Waals surface area (Å²) in [7, 11) is 2.12. The number of pyridine rings is 1. The molecule has 0 spiro atoms. The van der Waals surface area contributed by atoms with Crippen LogP contribution in [0.4, 0.5) is 5.69 Å². The Balaban J connectivity index is 1.51. The fourth-order valence-electron chi connectivity index (χ4n) is 5.07. The van der Waals surface area contributed by atoms with E-state index in [0.29, 0.717) is 30.8 Å². The summed E-state index contributed by atoms with van der Waals surface area (Å²) in [5, 5.41) is 8.77. The molecule has 0 radical (unpaired) electrons. The van der Waals surface area contributed by atoms with E-state index >= 15 is 0 Å². The molecule has 4 rings (SSSR count). The monoisotopic (exact) mass is 542 g/mol. The lowest BCUT2D eigenvalue weighted by Gasteiger charge is -2.34. The maximum Gasteiger partial charge on any atom is 0.251 e. The largest absolute Gasteiger partial charge is 0.339 e. The average molecular weight is 543 g/mol. The van der Waals surface area contributed by atoms with Crippen LogP contribution in [0.15, 0.2) is 79.0 Å². The van der Waals surface area contributed by atoms with Gasteiger partial charge in [0.2, 0.25) is 5.91 Å². The molecule has 40 heavy (non-hydrogen) atoms. The number of carbonyl (C=O) groups excluding carboxylic acids is 2. The fourth-order valence-corrected chi connectivity index (χ4v) is 5.07. The summed E-state index contributed by atoms with van der Waals surface area (Å²) in [5.41, 5.74) is 19.9. The molecule has 9 heteroatoms. The van der Waals surface area contributed by atoms with E-state index < -0.39 is 12.1 Å². The molecule has 0 fully saturated rings. The van der Waals surface area contributed by atoms with Crippen LogP contribution in [-0.4, -0.2) is 67.1 Å². The van der Waals surface area contributed by atoms with Crippen molar-refractivity contribution in [1.82, 2.24) is 10.3 Å². The first-order valence-electron chi connectivity index (χ1n) is 13.8. The molecule has 3 aromatic carbocycles. The number of hydrogen-bond acceptors (Lipinski definition) is 6. The SMILES string of the molecule is C[N+](CCN)(CCN)CCC[C@H](N)C(=O)N[C@H](C(=O)Nc1cnc2ccccc2c1)c1ccc2ccccc2c1. The number of likely N-dealkylation sites (N-methyl/N-ethyl adjacent to an activating group) is 1. The zero-order valence-corrected chi connectivity index (χ0v) is 23.1. The van der Waals surface area contributed by atoms with Crippen LogP contribution < -0.4 is 27.8 Å². The summed E-state index contributed by atoms with van der Waals surface area (Å²) in [5.74, 6) is -0.750. The van der Waals surface area contributed by atoms with E-state index in [-0.39, 0.29) is 11.8 Å². The maximum absolute atomic E-state index is 13.6. The number of anilines is 1. The van der Waals surface area contributed by atoms with E-state index in [1.807, 2.05) is 72.8 Å². The molecule has 8 N–H and O–H groups in total. The molecule has 2 amide bonds. The van der Waals surface area contributed by atoms with Gasteiger partial charge in [0.1, 0.15) is 6.04 Å². The van der Waals surface area contributed by atoms with E-state index in [4.69, 9.17) is 17.2 Å². The van der Waals surface area contributed by atoms with E-state index in [0.717, 1.165) is 52.2 Å². The fraction of sp³-hybridized carbons (Fsp3) is 0.323. The normalized spacial score (nSPS) is 13.2. The number of nitrogens with one attached hydrogen (secondary N) is 2. The first-order valence-corrected chi connectivity index (χ1v) is 13.8. The van der Waals surface area contributed by atoms with Gasteiger partial charge in [0, 0.05) is 18.5 Å². The molecule has 1 aromatic heterocycles. The molecule has 1 heterocycles. The van der Waals surface area contributed by atoms with Gasteiger partial charge >= 0.3 is 0 Å². The topological polar surface area (TPSA) is 149 Å². The molecule has 4 aromatic rings. The Morgan fingerprint density at radius 3 is 2.25 bits per heavy atom. The van der Waals surface area contributed by atoms with Gasteiger partial charge in [0.15, 0.2) is 0 Å². The van der Waals surface area contributed by atoms with E-state index in [1.54, 1.807) is 6.20 Å². The number of rotatable bonds is 13. The number of carbonyl (C=O) groups is 2. The van der Waals surface area contributed by atoms with Crippen LogP contribution in [0.3, 0.4) is 0 Å². The molecule has 0 aliphatic carbocycles. The molecule has 0 saturated heterocycles. The minimum Gasteiger partial charge on any atom is -0.339 e. The van der Waals surface area contributed by atoms with E-state index in [1.165, 1.54) is 0 Å². The average Bonchev–Trinajstić information content (AvgIpc) is 2.95. The van der Waals surface area contributed by atoms with Gasteiger partial charge in [0.05, 0.1) is 50.1 Å². The maximum atomic E-state index is 13.6. The van der Waals surface area contributed by atoms with Gasteiger partial charge in [-0.2, -0.15) is 0 Å². The second-order valence-corrected chi connectivity index (χ2v) is 10.6. The van der Waals surface area contributed by atoms with Crippen LogP contribution >= 0.6 is 0 Å². The third kappa shape index (κ3) is 7.40. The quantitative estimate of drug-likeness (QED) is 0.164. The summed E-state index contributed by atoms with van der Waals surface area (Å²) in [6.07, 6.45) is 2.83. The first kappa shape index (κ1) is 29.1. The highest BCUT2D eigenvalue weighted by molar-refractivity contribution is 6.00. The third-order valence-electron chi connectivity index (χ3n) is 7.40. The number of quaternary nitrogens is 1. The highest BCUT2D eigenvalue weighted by atomic mass is 16.2. The zero-order chi connectivity index (χ0) is 28.5. The van der Waals surface area contributed by atoms with Crippen LogP contribution in [0.25, 0.3) is 21.7 Å². The molecule has 0 bridgehead atoms. The van der Waals surface area contributed by atoms with Gasteiger partial charge in [-0.15, -0.1) is 0 Å². The lowest BCUT2D eigenvalue weighted by Crippen LogP contribution is -2.51. The number of amides is 2. The van der Waals surface area contributed by atoms with Gasteiger partial charge in [-0.1, -0.05) is 54.6 Å². The molecule has 0 aliphatic heterocycles. The highest BCUT2D eigenvalue weighted by Gasteiger charge is 2.27. The molecule has 0 saturated carbocycles. The molecule has 210 valence electrons. The summed E-state index contributed by atoms with van der Waals surface area (Å²) >= 11 is 0. The van der Waals surface area contributed by atoms with Crippen molar-refractivity contribution in [2.45, 2.75) is 24.9 Å². The number of fused-ring (bicyclic) bond motifs is 2. The summed E-state index contributed by atoms with van der Waals surface area (Å²) < 4.78 is 0.739. The van der Waals surface area contributed by atoms with Gasteiger partial charge in [-0.25, -0.2) is 0 Å². The number of nitrogens with two attached hydrogens (primary N) is 3. The lowest BCUT2D eigenvalue weighted by atomic mass is 10.0. The van der Waals surface area contributed by atoms with Crippen LogP contribution in [0.5, 0.6) is 0 Å². The van der Waals surface area contributed by atoms with Gasteiger partial charge in [-0.3, -0.25) is 14.6 Å². The van der Waals surface area contributed by atoms with Crippen LogP contribution in [0.2, 0.25) is 0 Å². The van der Waals surface area contributed by atoms with Crippen molar-refractivity contribution < 1.29 is 14.1 Å². The van der Waals surface area contributed by atoms with Crippen molar-refractivity contribution in [3.8, 4) is 0 Å². The smallest absolute Gasteiger partial charge is 0.251 e. The van der Waals surface area contributed by atoms with Crippen LogP contribution in [0.1, 0.15) is 24.4 Å².